The first kappa shape index (κ1) is 9.33. The second kappa shape index (κ2) is 3.16. The lowest BCUT2D eigenvalue weighted by molar-refractivity contribution is 0.332. The van der Waals surface area contributed by atoms with E-state index in [2.05, 4.69) is 25.7 Å². The Bertz CT molecular complexity index is 254. The summed E-state index contributed by atoms with van der Waals surface area (Å²) < 4.78 is 0. The normalized spacial score (nSPS) is 43.7. The zero-order valence-corrected chi connectivity index (χ0v) is 8.98. The smallest absolute Gasteiger partial charge is 0.0404 e. The minimum absolute atomic E-state index is 0.262. The Labute approximate surface area is 85.7 Å². The number of rotatable bonds is 2. The van der Waals surface area contributed by atoms with Crippen molar-refractivity contribution in [2.24, 2.45) is 17.3 Å². The van der Waals surface area contributed by atoms with Gasteiger partial charge in [-0.1, -0.05) is 31.2 Å². The summed E-state index contributed by atoms with van der Waals surface area (Å²) in [6.45, 7) is 6.57. The zero-order chi connectivity index (χ0) is 9.47. The molecule has 0 saturated heterocycles. The molecule has 2 rings (SSSR count). The Morgan fingerprint density at radius 2 is 2.38 bits per heavy atom. The molecule has 0 amide bonds. The SMILES string of the molecule is C=C1C2CCC(C2)C1(C)C=CCCl. The fourth-order valence-electron chi connectivity index (χ4n) is 3.08. The molecule has 0 nitrogen and oxygen atoms in total. The van der Waals surface area contributed by atoms with Gasteiger partial charge in [0.1, 0.15) is 0 Å². The van der Waals surface area contributed by atoms with Crippen molar-refractivity contribution >= 4 is 11.6 Å². The number of hydrogen-bond donors (Lipinski definition) is 0. The van der Waals surface area contributed by atoms with Gasteiger partial charge < -0.3 is 0 Å². The molecule has 0 heterocycles. The average Bonchev–Trinajstić information content (AvgIpc) is 2.68. The summed E-state index contributed by atoms with van der Waals surface area (Å²) >= 11 is 5.68. The molecule has 2 fully saturated rings. The topological polar surface area (TPSA) is 0 Å². The summed E-state index contributed by atoms with van der Waals surface area (Å²) in [5.74, 6) is 2.26. The van der Waals surface area contributed by atoms with Crippen LogP contribution in [0, 0.1) is 17.3 Å². The molecule has 0 radical (unpaired) electrons. The molecule has 2 saturated carbocycles. The van der Waals surface area contributed by atoms with Crippen molar-refractivity contribution in [3.63, 3.8) is 0 Å². The predicted molar refractivity (Wildman–Crippen MR) is 57.9 cm³/mol. The van der Waals surface area contributed by atoms with Crippen LogP contribution >= 0.6 is 11.6 Å². The molecular formula is C12H17Cl. The third kappa shape index (κ3) is 1.27. The molecule has 3 unspecified atom stereocenters. The lowest BCUT2D eigenvalue weighted by Gasteiger charge is -2.33. The molecule has 3 atom stereocenters. The van der Waals surface area contributed by atoms with Gasteiger partial charge in [-0.25, -0.2) is 0 Å². The number of fused-ring (bicyclic) bond motifs is 2. The van der Waals surface area contributed by atoms with Crippen molar-refractivity contribution in [3.05, 3.63) is 24.3 Å². The van der Waals surface area contributed by atoms with E-state index in [9.17, 15) is 0 Å². The molecule has 0 aliphatic heterocycles. The van der Waals surface area contributed by atoms with Crippen LogP contribution in [0.25, 0.3) is 0 Å². The van der Waals surface area contributed by atoms with Gasteiger partial charge in [-0.05, 0) is 31.1 Å². The molecule has 0 N–H and O–H groups in total. The Morgan fingerprint density at radius 3 is 2.92 bits per heavy atom. The maximum atomic E-state index is 5.68. The van der Waals surface area contributed by atoms with Crippen LogP contribution < -0.4 is 0 Å². The van der Waals surface area contributed by atoms with Crippen molar-refractivity contribution in [1.29, 1.82) is 0 Å². The van der Waals surface area contributed by atoms with Crippen molar-refractivity contribution in [2.45, 2.75) is 26.2 Å². The predicted octanol–water partition coefficient (Wildman–Crippen LogP) is 3.77. The number of alkyl halides is 1. The molecule has 72 valence electrons. The van der Waals surface area contributed by atoms with Crippen LogP contribution in [-0.4, -0.2) is 5.88 Å². The van der Waals surface area contributed by atoms with Gasteiger partial charge in [-0.15, -0.1) is 11.6 Å². The van der Waals surface area contributed by atoms with Crippen LogP contribution in [0.1, 0.15) is 26.2 Å². The summed E-state index contributed by atoms with van der Waals surface area (Å²) in [6, 6.07) is 0. The van der Waals surface area contributed by atoms with E-state index in [4.69, 9.17) is 11.6 Å². The highest BCUT2D eigenvalue weighted by Gasteiger charge is 2.49. The van der Waals surface area contributed by atoms with Gasteiger partial charge in [0.05, 0.1) is 0 Å². The largest absolute Gasteiger partial charge is 0.122 e. The van der Waals surface area contributed by atoms with E-state index >= 15 is 0 Å². The third-order valence-corrected chi connectivity index (χ3v) is 4.20. The second-order valence-corrected chi connectivity index (χ2v) is 4.88. The fraction of sp³-hybridized carbons (Fsp3) is 0.667. The molecule has 2 aliphatic carbocycles. The van der Waals surface area contributed by atoms with Crippen LogP contribution in [0.3, 0.4) is 0 Å². The molecule has 2 aliphatic rings. The van der Waals surface area contributed by atoms with Gasteiger partial charge in [0.2, 0.25) is 0 Å². The minimum atomic E-state index is 0.262. The van der Waals surface area contributed by atoms with E-state index in [0.717, 1.165) is 11.8 Å². The van der Waals surface area contributed by atoms with E-state index in [-0.39, 0.29) is 5.41 Å². The van der Waals surface area contributed by atoms with Crippen LogP contribution in [-0.2, 0) is 0 Å². The minimum Gasteiger partial charge on any atom is -0.122 e. The van der Waals surface area contributed by atoms with Gasteiger partial charge in [-0.3, -0.25) is 0 Å². The van der Waals surface area contributed by atoms with Crippen LogP contribution in [0.5, 0.6) is 0 Å². The number of allylic oxidation sites excluding steroid dienone is 3. The van der Waals surface area contributed by atoms with Gasteiger partial charge in [0.15, 0.2) is 0 Å². The summed E-state index contributed by atoms with van der Waals surface area (Å²) in [7, 11) is 0. The first-order valence-electron chi connectivity index (χ1n) is 5.11. The Kier molecular flexibility index (Phi) is 2.27. The summed E-state index contributed by atoms with van der Waals surface area (Å²) in [4.78, 5) is 0. The molecule has 0 aromatic carbocycles. The number of hydrogen-bond acceptors (Lipinski definition) is 0. The first-order valence-corrected chi connectivity index (χ1v) is 5.65. The molecular weight excluding hydrogens is 180 g/mol. The highest BCUT2D eigenvalue weighted by molar-refractivity contribution is 6.18. The maximum Gasteiger partial charge on any atom is 0.0404 e. The highest BCUT2D eigenvalue weighted by atomic mass is 35.5. The van der Waals surface area contributed by atoms with E-state index < -0.39 is 0 Å². The average molecular weight is 197 g/mol. The molecule has 0 spiro atoms. The first-order chi connectivity index (χ1) is 6.18. The van der Waals surface area contributed by atoms with Crippen LogP contribution in [0.4, 0.5) is 0 Å². The van der Waals surface area contributed by atoms with E-state index in [1.165, 1.54) is 24.8 Å². The monoisotopic (exact) mass is 196 g/mol. The summed E-state index contributed by atoms with van der Waals surface area (Å²) in [5.41, 5.74) is 1.71. The molecule has 0 aromatic heterocycles. The summed E-state index contributed by atoms with van der Waals surface area (Å²) in [5, 5.41) is 0. The van der Waals surface area contributed by atoms with Gasteiger partial charge in [-0.2, -0.15) is 0 Å². The second-order valence-electron chi connectivity index (χ2n) is 4.57. The van der Waals surface area contributed by atoms with Crippen LogP contribution in [0.2, 0.25) is 0 Å². The zero-order valence-electron chi connectivity index (χ0n) is 8.22. The van der Waals surface area contributed by atoms with Gasteiger partial charge in [0.25, 0.3) is 0 Å². The van der Waals surface area contributed by atoms with Crippen molar-refractivity contribution < 1.29 is 0 Å². The maximum absolute atomic E-state index is 5.68. The van der Waals surface area contributed by atoms with Crippen molar-refractivity contribution in [3.8, 4) is 0 Å². The number of halogens is 1. The van der Waals surface area contributed by atoms with E-state index in [1.807, 2.05) is 0 Å². The molecule has 0 aromatic rings. The third-order valence-electron chi connectivity index (χ3n) is 4.02. The van der Waals surface area contributed by atoms with Crippen molar-refractivity contribution in [2.75, 3.05) is 5.88 Å². The standard InChI is InChI=1S/C12H17Cl/c1-9-10-4-5-11(8-10)12(9,2)6-3-7-13/h3,6,10-11H,1,4-5,7-8H2,2H3. The Balaban J connectivity index is 2.22. The highest BCUT2D eigenvalue weighted by Crippen LogP contribution is 2.59. The van der Waals surface area contributed by atoms with Gasteiger partial charge >= 0.3 is 0 Å². The van der Waals surface area contributed by atoms with E-state index in [1.54, 1.807) is 0 Å². The Hall–Kier alpha value is -0.230. The Morgan fingerprint density at radius 1 is 1.62 bits per heavy atom. The van der Waals surface area contributed by atoms with E-state index in [0.29, 0.717) is 5.88 Å². The quantitative estimate of drug-likeness (QED) is 0.466. The molecule has 1 heteroatoms. The lowest BCUT2D eigenvalue weighted by atomic mass is 9.72. The van der Waals surface area contributed by atoms with Crippen LogP contribution in [0.15, 0.2) is 24.3 Å². The fourth-order valence-corrected chi connectivity index (χ4v) is 3.17. The van der Waals surface area contributed by atoms with Crippen molar-refractivity contribution in [1.82, 2.24) is 0 Å². The summed E-state index contributed by atoms with van der Waals surface area (Å²) in [6.07, 6.45) is 8.47. The molecule has 13 heavy (non-hydrogen) atoms. The molecule has 2 bridgehead atoms. The lowest BCUT2D eigenvalue weighted by Crippen LogP contribution is -2.23. The van der Waals surface area contributed by atoms with Gasteiger partial charge in [0, 0.05) is 11.3 Å².